The minimum absolute atomic E-state index is 0.337. The van der Waals surface area contributed by atoms with Gasteiger partial charge in [-0.2, -0.15) is 0 Å². The van der Waals surface area contributed by atoms with E-state index in [0.29, 0.717) is 18.7 Å². The number of nitrogens with one attached hydrogen (secondary N) is 1. The van der Waals surface area contributed by atoms with Crippen molar-refractivity contribution in [3.8, 4) is 0 Å². The van der Waals surface area contributed by atoms with E-state index in [9.17, 15) is 8.78 Å². The average Bonchev–Trinajstić information content (AvgIpc) is 2.34. The maximum absolute atomic E-state index is 13.3. The van der Waals surface area contributed by atoms with Crippen molar-refractivity contribution < 1.29 is 8.78 Å². The molecule has 5 heteroatoms. The molecule has 0 radical (unpaired) electrons. The van der Waals surface area contributed by atoms with Crippen LogP contribution < -0.4 is 5.32 Å². The molecule has 2 nitrogen and oxygen atoms in total. The van der Waals surface area contributed by atoms with Gasteiger partial charge in [0.15, 0.2) is 0 Å². The molecule has 0 atom stereocenters. The molecule has 0 bridgehead atoms. The van der Waals surface area contributed by atoms with Gasteiger partial charge >= 0.3 is 0 Å². The maximum atomic E-state index is 13.3. The number of rotatable bonds is 4. The first-order valence-corrected chi connectivity index (χ1v) is 6.19. The first-order valence-electron chi connectivity index (χ1n) is 5.40. The Morgan fingerprint density at radius 3 is 2.61 bits per heavy atom. The Morgan fingerprint density at radius 2 is 1.94 bits per heavy atom. The van der Waals surface area contributed by atoms with Gasteiger partial charge in [0.25, 0.3) is 0 Å². The second-order valence-electron chi connectivity index (χ2n) is 3.81. The summed E-state index contributed by atoms with van der Waals surface area (Å²) in [6.45, 7) is 0.869. The summed E-state index contributed by atoms with van der Waals surface area (Å²) in [6, 6.07) is 7.33. The molecule has 0 fully saturated rings. The van der Waals surface area contributed by atoms with Crippen molar-refractivity contribution in [1.29, 1.82) is 0 Å². The van der Waals surface area contributed by atoms with Crippen molar-refractivity contribution in [2.45, 2.75) is 13.1 Å². The lowest BCUT2D eigenvalue weighted by atomic mass is 10.2. The predicted octanol–water partition coefficient (Wildman–Crippen LogP) is 3.41. The number of nitrogens with zero attached hydrogens (tertiary/aromatic N) is 1. The molecule has 1 aromatic carbocycles. The molecule has 0 aliphatic carbocycles. The summed E-state index contributed by atoms with van der Waals surface area (Å²) in [5.74, 6) is -1.10. The monoisotopic (exact) mass is 312 g/mol. The predicted molar refractivity (Wildman–Crippen MR) is 68.8 cm³/mol. The van der Waals surface area contributed by atoms with Crippen LogP contribution in [-0.2, 0) is 13.1 Å². The summed E-state index contributed by atoms with van der Waals surface area (Å²) in [7, 11) is 0. The number of aromatic nitrogens is 1. The Kier molecular flexibility index (Phi) is 4.38. The first kappa shape index (κ1) is 13.1. The molecule has 1 aromatic heterocycles. The summed E-state index contributed by atoms with van der Waals surface area (Å²) >= 11 is 3.30. The molecule has 2 aromatic rings. The number of halogens is 3. The minimum atomic E-state index is -0.564. The largest absolute Gasteiger partial charge is 0.307 e. The Hall–Kier alpha value is -1.33. The zero-order chi connectivity index (χ0) is 13.0. The van der Waals surface area contributed by atoms with E-state index in [2.05, 4.69) is 26.2 Å². The third-order valence-electron chi connectivity index (χ3n) is 2.43. The van der Waals surface area contributed by atoms with Crippen molar-refractivity contribution in [3.63, 3.8) is 0 Å². The van der Waals surface area contributed by atoms with Gasteiger partial charge in [-0.25, -0.2) is 8.78 Å². The van der Waals surface area contributed by atoms with Crippen molar-refractivity contribution in [2.24, 2.45) is 0 Å². The van der Waals surface area contributed by atoms with Gasteiger partial charge in [-0.15, -0.1) is 0 Å². The molecular weight excluding hydrogens is 302 g/mol. The third-order valence-corrected chi connectivity index (χ3v) is 2.89. The fraction of sp³-hybridized carbons (Fsp3) is 0.154. The third kappa shape index (κ3) is 3.58. The molecular formula is C13H11BrF2N2. The summed E-state index contributed by atoms with van der Waals surface area (Å²) in [4.78, 5) is 4.18. The van der Waals surface area contributed by atoms with Gasteiger partial charge < -0.3 is 5.32 Å². The summed E-state index contributed by atoms with van der Waals surface area (Å²) < 4.78 is 26.9. The van der Waals surface area contributed by atoms with Crippen molar-refractivity contribution >= 4 is 15.9 Å². The summed E-state index contributed by atoms with van der Waals surface area (Å²) in [6.07, 6.45) is 1.70. The lowest BCUT2D eigenvalue weighted by molar-refractivity contribution is 0.559. The molecule has 0 aliphatic heterocycles. The molecule has 1 N–H and O–H groups in total. The highest BCUT2D eigenvalue weighted by atomic mass is 79.9. The molecule has 0 unspecified atom stereocenters. The van der Waals surface area contributed by atoms with Crippen LogP contribution in [0.15, 0.2) is 41.0 Å². The Labute approximate surface area is 112 Å². The van der Waals surface area contributed by atoms with Gasteiger partial charge in [0.05, 0.1) is 5.69 Å². The molecule has 2 rings (SSSR count). The van der Waals surface area contributed by atoms with Crippen LogP contribution >= 0.6 is 15.9 Å². The molecule has 18 heavy (non-hydrogen) atoms. The molecule has 0 saturated heterocycles. The van der Waals surface area contributed by atoms with E-state index >= 15 is 0 Å². The van der Waals surface area contributed by atoms with Crippen LogP contribution in [0.25, 0.3) is 0 Å². The highest BCUT2D eigenvalue weighted by molar-refractivity contribution is 9.10. The molecule has 94 valence electrons. The fourth-order valence-corrected chi connectivity index (χ4v) is 1.74. The number of benzene rings is 1. The first-order chi connectivity index (χ1) is 8.65. The summed E-state index contributed by atoms with van der Waals surface area (Å²) in [5.41, 5.74) is 1.30. The highest BCUT2D eigenvalue weighted by Gasteiger charge is 2.03. The van der Waals surface area contributed by atoms with E-state index in [0.717, 1.165) is 16.2 Å². The topological polar surface area (TPSA) is 24.9 Å². The van der Waals surface area contributed by atoms with Gasteiger partial charge in [-0.1, -0.05) is 6.07 Å². The molecule has 0 amide bonds. The van der Waals surface area contributed by atoms with Gasteiger partial charge in [0.2, 0.25) is 0 Å². The van der Waals surface area contributed by atoms with Crippen LogP contribution in [0.2, 0.25) is 0 Å². The fourth-order valence-electron chi connectivity index (χ4n) is 1.50. The standard InChI is InChI=1S/C13H11BrF2N2/c14-10-2-4-12(18-7-10)8-17-6-9-1-3-11(15)5-13(9)16/h1-5,7,17H,6,8H2. The molecule has 0 saturated carbocycles. The lowest BCUT2D eigenvalue weighted by Gasteiger charge is -2.06. The maximum Gasteiger partial charge on any atom is 0.130 e. The van der Waals surface area contributed by atoms with E-state index in [1.807, 2.05) is 12.1 Å². The smallest absolute Gasteiger partial charge is 0.130 e. The van der Waals surface area contributed by atoms with Crippen LogP contribution in [0.1, 0.15) is 11.3 Å². The van der Waals surface area contributed by atoms with Crippen molar-refractivity contribution in [3.05, 3.63) is 63.9 Å². The number of hydrogen-bond donors (Lipinski definition) is 1. The van der Waals surface area contributed by atoms with Crippen molar-refractivity contribution in [2.75, 3.05) is 0 Å². The Morgan fingerprint density at radius 1 is 1.11 bits per heavy atom. The number of hydrogen-bond acceptors (Lipinski definition) is 2. The van der Waals surface area contributed by atoms with E-state index < -0.39 is 11.6 Å². The quantitative estimate of drug-likeness (QED) is 0.936. The normalized spacial score (nSPS) is 10.6. The van der Waals surface area contributed by atoms with E-state index in [-0.39, 0.29) is 0 Å². The number of pyridine rings is 1. The zero-order valence-electron chi connectivity index (χ0n) is 9.46. The molecule has 1 heterocycles. The van der Waals surface area contributed by atoms with Gasteiger partial charge in [0, 0.05) is 35.4 Å². The average molecular weight is 313 g/mol. The minimum Gasteiger partial charge on any atom is -0.307 e. The Bertz CT molecular complexity index is 529. The van der Waals surface area contributed by atoms with Crippen molar-refractivity contribution in [1.82, 2.24) is 10.3 Å². The van der Waals surface area contributed by atoms with Crippen LogP contribution in [0.3, 0.4) is 0 Å². The highest BCUT2D eigenvalue weighted by Crippen LogP contribution is 2.10. The van der Waals surface area contributed by atoms with E-state index in [4.69, 9.17) is 0 Å². The second-order valence-corrected chi connectivity index (χ2v) is 4.72. The Balaban J connectivity index is 1.90. The van der Waals surface area contributed by atoms with Crippen LogP contribution in [0.4, 0.5) is 8.78 Å². The van der Waals surface area contributed by atoms with Gasteiger partial charge in [0.1, 0.15) is 11.6 Å². The second kappa shape index (κ2) is 6.02. The molecule has 0 aliphatic rings. The zero-order valence-corrected chi connectivity index (χ0v) is 11.0. The van der Waals surface area contributed by atoms with Gasteiger partial charge in [-0.3, -0.25) is 4.98 Å². The summed E-state index contributed by atoms with van der Waals surface area (Å²) in [5, 5.41) is 3.06. The van der Waals surface area contributed by atoms with Crippen LogP contribution in [0, 0.1) is 11.6 Å². The lowest BCUT2D eigenvalue weighted by Crippen LogP contribution is -2.14. The van der Waals surface area contributed by atoms with Gasteiger partial charge in [-0.05, 0) is 34.1 Å². The molecule has 0 spiro atoms. The van der Waals surface area contributed by atoms with E-state index in [1.165, 1.54) is 12.1 Å². The van der Waals surface area contributed by atoms with E-state index in [1.54, 1.807) is 6.20 Å². The van der Waals surface area contributed by atoms with Crippen LogP contribution in [-0.4, -0.2) is 4.98 Å². The SMILES string of the molecule is Fc1ccc(CNCc2ccc(Br)cn2)c(F)c1. The van der Waals surface area contributed by atoms with Crippen LogP contribution in [0.5, 0.6) is 0 Å².